The molecule has 1 saturated heterocycles. The van der Waals surface area contributed by atoms with Crippen LogP contribution in [0.5, 0.6) is 5.75 Å². The standard InChI is InChI=1S/C25H32N2O3/c1-18(28)30-23-11-7-10-21(16-23)25(2)12-13-27(3)17-22(25)15-20(24(26)29)14-19-8-5-4-6-9-19/h4-11,16,20,22H,12-15,17H2,1-3H3,(H2,26,29)/t20-,22?,25?/m1/s1. The van der Waals surface area contributed by atoms with Crippen LogP contribution in [0.2, 0.25) is 0 Å². The third kappa shape index (κ3) is 5.28. The summed E-state index contributed by atoms with van der Waals surface area (Å²) in [5.74, 6) is 0.0246. The Hall–Kier alpha value is -2.66. The molecule has 0 aromatic heterocycles. The molecule has 0 bridgehead atoms. The number of carbonyl (C=O) groups is 2. The third-order valence-electron chi connectivity index (χ3n) is 6.50. The second kappa shape index (κ2) is 9.43. The first-order valence-electron chi connectivity index (χ1n) is 10.6. The lowest BCUT2D eigenvalue weighted by Gasteiger charge is -2.46. The highest BCUT2D eigenvalue weighted by Crippen LogP contribution is 2.43. The lowest BCUT2D eigenvalue weighted by atomic mass is 9.64. The Morgan fingerprint density at radius 3 is 2.60 bits per heavy atom. The lowest BCUT2D eigenvalue weighted by Crippen LogP contribution is -2.48. The highest BCUT2D eigenvalue weighted by Gasteiger charge is 2.41. The smallest absolute Gasteiger partial charge is 0.308 e. The fraction of sp³-hybridized carbons (Fsp3) is 0.440. The number of nitrogens with two attached hydrogens (primary N) is 1. The average Bonchev–Trinajstić information content (AvgIpc) is 2.70. The fourth-order valence-electron chi connectivity index (χ4n) is 4.63. The minimum Gasteiger partial charge on any atom is -0.427 e. The molecule has 1 aliphatic rings. The lowest BCUT2D eigenvalue weighted by molar-refractivity contribution is -0.132. The first kappa shape index (κ1) is 22.0. The molecular weight excluding hydrogens is 376 g/mol. The minimum absolute atomic E-state index is 0.132. The van der Waals surface area contributed by atoms with Crippen LogP contribution in [0, 0.1) is 11.8 Å². The molecular formula is C25H32N2O3. The molecule has 2 aromatic rings. The van der Waals surface area contributed by atoms with E-state index in [9.17, 15) is 9.59 Å². The third-order valence-corrected chi connectivity index (χ3v) is 6.50. The molecule has 1 fully saturated rings. The van der Waals surface area contributed by atoms with Gasteiger partial charge in [-0.2, -0.15) is 0 Å². The van der Waals surface area contributed by atoms with E-state index in [1.165, 1.54) is 6.92 Å². The Kier molecular flexibility index (Phi) is 6.93. The van der Waals surface area contributed by atoms with Gasteiger partial charge in [-0.1, -0.05) is 49.4 Å². The van der Waals surface area contributed by atoms with Crippen LogP contribution in [0.4, 0.5) is 0 Å². The molecule has 2 unspecified atom stereocenters. The Labute approximate surface area is 179 Å². The van der Waals surface area contributed by atoms with Crippen LogP contribution in [-0.4, -0.2) is 36.9 Å². The van der Waals surface area contributed by atoms with Crippen molar-refractivity contribution in [3.63, 3.8) is 0 Å². The fourth-order valence-corrected chi connectivity index (χ4v) is 4.63. The van der Waals surface area contributed by atoms with E-state index in [1.807, 2.05) is 42.5 Å². The van der Waals surface area contributed by atoms with Gasteiger partial charge in [0.15, 0.2) is 0 Å². The summed E-state index contributed by atoms with van der Waals surface area (Å²) in [4.78, 5) is 26.1. The van der Waals surface area contributed by atoms with E-state index in [2.05, 4.69) is 24.9 Å². The number of benzene rings is 2. The normalized spacial score (nSPS) is 23.0. The molecule has 1 amide bonds. The molecule has 5 heteroatoms. The number of likely N-dealkylation sites (tertiary alicyclic amines) is 1. The van der Waals surface area contributed by atoms with Crippen LogP contribution in [0.1, 0.15) is 37.8 Å². The zero-order valence-corrected chi connectivity index (χ0v) is 18.1. The molecule has 0 spiro atoms. The molecule has 3 atom stereocenters. The van der Waals surface area contributed by atoms with E-state index in [-0.39, 0.29) is 29.1 Å². The highest BCUT2D eigenvalue weighted by atomic mass is 16.5. The minimum atomic E-state index is -0.325. The van der Waals surface area contributed by atoms with Crippen molar-refractivity contribution in [2.45, 2.75) is 38.5 Å². The van der Waals surface area contributed by atoms with Gasteiger partial charge in [0.05, 0.1) is 0 Å². The predicted molar refractivity (Wildman–Crippen MR) is 118 cm³/mol. The van der Waals surface area contributed by atoms with Crippen molar-refractivity contribution in [1.29, 1.82) is 0 Å². The summed E-state index contributed by atoms with van der Waals surface area (Å²) in [6.45, 7) is 5.55. The summed E-state index contributed by atoms with van der Waals surface area (Å²) >= 11 is 0. The van der Waals surface area contributed by atoms with Crippen LogP contribution in [0.15, 0.2) is 54.6 Å². The first-order valence-corrected chi connectivity index (χ1v) is 10.6. The highest BCUT2D eigenvalue weighted by molar-refractivity contribution is 5.77. The van der Waals surface area contributed by atoms with Gasteiger partial charge in [-0.25, -0.2) is 0 Å². The van der Waals surface area contributed by atoms with Crippen molar-refractivity contribution in [3.8, 4) is 5.75 Å². The molecule has 0 aliphatic carbocycles. The molecule has 1 aliphatic heterocycles. The van der Waals surface area contributed by atoms with Gasteiger partial charge in [-0.05, 0) is 67.4 Å². The van der Waals surface area contributed by atoms with Crippen LogP contribution < -0.4 is 10.5 Å². The van der Waals surface area contributed by atoms with Crippen molar-refractivity contribution in [1.82, 2.24) is 4.90 Å². The van der Waals surface area contributed by atoms with Gasteiger partial charge in [-0.3, -0.25) is 9.59 Å². The van der Waals surface area contributed by atoms with E-state index in [0.29, 0.717) is 12.2 Å². The predicted octanol–water partition coefficient (Wildman–Crippen LogP) is 3.56. The van der Waals surface area contributed by atoms with Crippen molar-refractivity contribution >= 4 is 11.9 Å². The van der Waals surface area contributed by atoms with Crippen molar-refractivity contribution < 1.29 is 14.3 Å². The number of amides is 1. The van der Waals surface area contributed by atoms with Gasteiger partial charge < -0.3 is 15.4 Å². The monoisotopic (exact) mass is 408 g/mol. The van der Waals surface area contributed by atoms with Gasteiger partial charge in [0.25, 0.3) is 0 Å². The zero-order chi connectivity index (χ0) is 21.7. The van der Waals surface area contributed by atoms with E-state index >= 15 is 0 Å². The van der Waals surface area contributed by atoms with E-state index in [0.717, 1.165) is 37.1 Å². The Morgan fingerprint density at radius 1 is 1.20 bits per heavy atom. The van der Waals surface area contributed by atoms with Crippen molar-refractivity contribution in [3.05, 3.63) is 65.7 Å². The van der Waals surface area contributed by atoms with Gasteiger partial charge >= 0.3 is 5.97 Å². The summed E-state index contributed by atoms with van der Waals surface area (Å²) in [6.07, 6.45) is 2.34. The van der Waals surface area contributed by atoms with E-state index < -0.39 is 0 Å². The largest absolute Gasteiger partial charge is 0.427 e. The number of hydrogen-bond acceptors (Lipinski definition) is 4. The van der Waals surface area contributed by atoms with Crippen LogP contribution in [0.3, 0.4) is 0 Å². The quantitative estimate of drug-likeness (QED) is 0.562. The first-order chi connectivity index (χ1) is 14.3. The maximum Gasteiger partial charge on any atom is 0.308 e. The number of nitrogens with zero attached hydrogens (tertiary/aromatic N) is 1. The maximum atomic E-state index is 12.3. The number of rotatable bonds is 7. The van der Waals surface area contributed by atoms with Gasteiger partial charge in [-0.15, -0.1) is 0 Å². The molecule has 30 heavy (non-hydrogen) atoms. The van der Waals surface area contributed by atoms with E-state index in [4.69, 9.17) is 10.5 Å². The number of esters is 1. The summed E-state index contributed by atoms with van der Waals surface area (Å²) in [5.41, 5.74) is 7.97. The van der Waals surface area contributed by atoms with Crippen LogP contribution in [0.25, 0.3) is 0 Å². The molecule has 2 N–H and O–H groups in total. The van der Waals surface area contributed by atoms with Crippen LogP contribution >= 0.6 is 0 Å². The maximum absolute atomic E-state index is 12.3. The number of hydrogen-bond donors (Lipinski definition) is 1. The van der Waals surface area contributed by atoms with Crippen molar-refractivity contribution in [2.24, 2.45) is 17.6 Å². The molecule has 5 nitrogen and oxygen atoms in total. The summed E-state index contributed by atoms with van der Waals surface area (Å²) < 4.78 is 5.32. The summed E-state index contributed by atoms with van der Waals surface area (Å²) in [6, 6.07) is 17.9. The SMILES string of the molecule is CC(=O)Oc1cccc(C2(C)CCN(C)CC2C[C@@H](Cc2ccccc2)C(N)=O)c1. The van der Waals surface area contributed by atoms with Gasteiger partial charge in [0.1, 0.15) is 5.75 Å². The number of ether oxygens (including phenoxy) is 1. The number of primary amides is 1. The topological polar surface area (TPSA) is 72.6 Å². The second-order valence-electron chi connectivity index (χ2n) is 8.77. The molecule has 0 saturated carbocycles. The zero-order valence-electron chi connectivity index (χ0n) is 18.1. The molecule has 1 heterocycles. The molecule has 160 valence electrons. The van der Waals surface area contributed by atoms with E-state index in [1.54, 1.807) is 6.07 Å². The molecule has 0 radical (unpaired) electrons. The molecule has 3 rings (SSSR count). The van der Waals surface area contributed by atoms with Gasteiger partial charge in [0.2, 0.25) is 5.91 Å². The summed E-state index contributed by atoms with van der Waals surface area (Å²) in [7, 11) is 2.12. The number of carbonyl (C=O) groups excluding carboxylic acids is 2. The van der Waals surface area contributed by atoms with Gasteiger partial charge in [0, 0.05) is 19.4 Å². The molecule has 2 aromatic carbocycles. The number of piperidine rings is 1. The average molecular weight is 409 g/mol. The Morgan fingerprint density at radius 2 is 1.93 bits per heavy atom. The summed E-state index contributed by atoms with van der Waals surface area (Å²) in [5, 5.41) is 0. The Bertz CT molecular complexity index is 883. The second-order valence-corrected chi connectivity index (χ2v) is 8.77. The van der Waals surface area contributed by atoms with Crippen LogP contribution in [-0.2, 0) is 21.4 Å². The Balaban J connectivity index is 1.87. The van der Waals surface area contributed by atoms with Crippen molar-refractivity contribution in [2.75, 3.05) is 20.1 Å².